The summed E-state index contributed by atoms with van der Waals surface area (Å²) in [4.78, 5) is 6.81. The van der Waals surface area contributed by atoms with Crippen LogP contribution in [0.2, 0.25) is 0 Å². The summed E-state index contributed by atoms with van der Waals surface area (Å²) in [5, 5.41) is 8.62. The van der Waals surface area contributed by atoms with Gasteiger partial charge in [0.25, 0.3) is 0 Å². The lowest BCUT2D eigenvalue weighted by Crippen LogP contribution is -2.36. The van der Waals surface area contributed by atoms with Gasteiger partial charge >= 0.3 is 0 Å². The normalized spacial score (nSPS) is 15.5. The number of benzene rings is 2. The summed E-state index contributed by atoms with van der Waals surface area (Å²) in [6.07, 6.45) is 0. The smallest absolute Gasteiger partial charge is 0.250 e. The van der Waals surface area contributed by atoms with Crippen molar-refractivity contribution in [3.05, 3.63) is 48.5 Å². The maximum Gasteiger partial charge on any atom is 0.250 e. The van der Waals surface area contributed by atoms with Crippen molar-refractivity contribution < 1.29 is 4.74 Å². The predicted molar refractivity (Wildman–Crippen MR) is 94.4 cm³/mol. The van der Waals surface area contributed by atoms with E-state index in [2.05, 4.69) is 32.2 Å². The van der Waals surface area contributed by atoms with Gasteiger partial charge in [-0.05, 0) is 36.4 Å². The number of imidazole rings is 1. The lowest BCUT2D eigenvalue weighted by Gasteiger charge is -2.28. The predicted octanol–water partition coefficient (Wildman–Crippen LogP) is 3.83. The van der Waals surface area contributed by atoms with Crippen molar-refractivity contribution >= 4 is 28.4 Å². The molecule has 0 N–H and O–H groups in total. The van der Waals surface area contributed by atoms with Gasteiger partial charge in [0.1, 0.15) is 0 Å². The molecule has 0 amide bonds. The maximum absolute atomic E-state index is 5.38. The van der Waals surface area contributed by atoms with Crippen molar-refractivity contribution in [3.63, 3.8) is 0 Å². The first-order chi connectivity index (χ1) is 11.8. The van der Waals surface area contributed by atoms with E-state index in [1.54, 1.807) is 0 Å². The van der Waals surface area contributed by atoms with Gasteiger partial charge in [-0.1, -0.05) is 12.1 Å². The van der Waals surface area contributed by atoms with Crippen molar-refractivity contribution in [1.82, 2.24) is 9.55 Å². The number of fused-ring (bicyclic) bond motifs is 1. The SMILES string of the molecule is Cn1c(N=Nc2ccc(N3CCOCC3)cc2)nc2ccccc21. The highest BCUT2D eigenvalue weighted by molar-refractivity contribution is 5.77. The van der Waals surface area contributed by atoms with Crippen LogP contribution in [0.15, 0.2) is 58.8 Å². The van der Waals surface area contributed by atoms with Crippen LogP contribution in [-0.2, 0) is 11.8 Å². The molecule has 4 rings (SSSR count). The van der Waals surface area contributed by atoms with E-state index in [9.17, 15) is 0 Å². The average molecular weight is 321 g/mol. The summed E-state index contributed by atoms with van der Waals surface area (Å²) in [5.74, 6) is 0.605. The van der Waals surface area contributed by atoms with Crippen molar-refractivity contribution in [2.24, 2.45) is 17.3 Å². The Hall–Kier alpha value is -2.73. The second-order valence-corrected chi connectivity index (χ2v) is 5.78. The fraction of sp³-hybridized carbons (Fsp3) is 0.278. The molecule has 6 heteroatoms. The van der Waals surface area contributed by atoms with E-state index >= 15 is 0 Å². The monoisotopic (exact) mass is 321 g/mol. The van der Waals surface area contributed by atoms with Crippen LogP contribution in [0.3, 0.4) is 0 Å². The third kappa shape index (κ3) is 2.88. The summed E-state index contributed by atoms with van der Waals surface area (Å²) < 4.78 is 7.33. The van der Waals surface area contributed by atoms with Gasteiger partial charge in [0.15, 0.2) is 0 Å². The summed E-state index contributed by atoms with van der Waals surface area (Å²) in [6, 6.07) is 16.1. The summed E-state index contributed by atoms with van der Waals surface area (Å²) in [6.45, 7) is 3.43. The third-order valence-electron chi connectivity index (χ3n) is 4.24. The van der Waals surface area contributed by atoms with Crippen LogP contribution in [0.4, 0.5) is 17.3 Å². The van der Waals surface area contributed by atoms with Gasteiger partial charge in [-0.3, -0.25) is 0 Å². The zero-order valence-corrected chi connectivity index (χ0v) is 13.6. The van der Waals surface area contributed by atoms with Gasteiger partial charge in [0.05, 0.1) is 29.9 Å². The lowest BCUT2D eigenvalue weighted by molar-refractivity contribution is 0.122. The zero-order valence-electron chi connectivity index (χ0n) is 13.6. The molecule has 1 fully saturated rings. The van der Waals surface area contributed by atoms with Crippen LogP contribution < -0.4 is 4.90 Å². The van der Waals surface area contributed by atoms with Crippen LogP contribution in [0, 0.1) is 0 Å². The Morgan fingerprint density at radius 1 is 0.958 bits per heavy atom. The average Bonchev–Trinajstić information content (AvgIpc) is 2.97. The number of aryl methyl sites for hydroxylation is 1. The highest BCUT2D eigenvalue weighted by Gasteiger charge is 2.10. The Balaban J connectivity index is 1.53. The fourth-order valence-electron chi connectivity index (χ4n) is 2.88. The minimum absolute atomic E-state index is 0.605. The molecule has 1 saturated heterocycles. The number of aromatic nitrogens is 2. The van der Waals surface area contributed by atoms with E-state index in [-0.39, 0.29) is 0 Å². The Bertz CT molecular complexity index is 863. The number of ether oxygens (including phenoxy) is 1. The minimum Gasteiger partial charge on any atom is -0.378 e. The number of morpholine rings is 1. The molecule has 122 valence electrons. The molecule has 0 aliphatic carbocycles. The van der Waals surface area contributed by atoms with Crippen LogP contribution >= 0.6 is 0 Å². The van der Waals surface area contributed by atoms with E-state index in [4.69, 9.17) is 4.74 Å². The highest BCUT2D eigenvalue weighted by atomic mass is 16.5. The number of rotatable bonds is 3. The molecule has 0 atom stereocenters. The Kier molecular flexibility index (Phi) is 3.96. The molecule has 1 aliphatic rings. The molecule has 1 aromatic heterocycles. The molecule has 2 heterocycles. The van der Waals surface area contributed by atoms with E-state index in [1.807, 2.05) is 48.0 Å². The van der Waals surface area contributed by atoms with Crippen molar-refractivity contribution in [3.8, 4) is 0 Å². The van der Waals surface area contributed by atoms with E-state index in [1.165, 1.54) is 5.69 Å². The Labute approximate surface area is 140 Å². The number of hydrogen-bond acceptors (Lipinski definition) is 5. The molecule has 0 spiro atoms. The molecule has 2 aromatic carbocycles. The molecule has 0 unspecified atom stereocenters. The van der Waals surface area contributed by atoms with Crippen molar-refractivity contribution in [1.29, 1.82) is 0 Å². The molecular weight excluding hydrogens is 302 g/mol. The van der Waals surface area contributed by atoms with E-state index in [0.29, 0.717) is 5.95 Å². The first kappa shape index (κ1) is 14.8. The topological polar surface area (TPSA) is 55.0 Å². The summed E-state index contributed by atoms with van der Waals surface area (Å²) in [5.41, 5.74) is 3.99. The van der Waals surface area contributed by atoms with Gasteiger partial charge in [-0.25, -0.2) is 4.98 Å². The number of nitrogens with zero attached hydrogens (tertiary/aromatic N) is 5. The highest BCUT2D eigenvalue weighted by Crippen LogP contribution is 2.24. The molecule has 0 radical (unpaired) electrons. The van der Waals surface area contributed by atoms with Crippen LogP contribution in [0.5, 0.6) is 0 Å². The first-order valence-corrected chi connectivity index (χ1v) is 8.07. The third-order valence-corrected chi connectivity index (χ3v) is 4.24. The fourth-order valence-corrected chi connectivity index (χ4v) is 2.88. The number of anilines is 1. The van der Waals surface area contributed by atoms with Crippen LogP contribution in [0.1, 0.15) is 0 Å². The minimum atomic E-state index is 0.605. The van der Waals surface area contributed by atoms with Crippen molar-refractivity contribution in [2.45, 2.75) is 0 Å². The zero-order chi connectivity index (χ0) is 16.4. The van der Waals surface area contributed by atoms with Gasteiger partial charge in [0, 0.05) is 25.8 Å². The largest absolute Gasteiger partial charge is 0.378 e. The van der Waals surface area contributed by atoms with Gasteiger partial charge in [0.2, 0.25) is 5.95 Å². The van der Waals surface area contributed by atoms with Crippen molar-refractivity contribution in [2.75, 3.05) is 31.2 Å². The Morgan fingerprint density at radius 2 is 1.71 bits per heavy atom. The quantitative estimate of drug-likeness (QED) is 0.689. The molecule has 1 aliphatic heterocycles. The van der Waals surface area contributed by atoms with Crippen LogP contribution in [-0.4, -0.2) is 35.9 Å². The number of azo groups is 1. The standard InChI is InChI=1S/C18H19N5O/c1-22-17-5-3-2-4-16(17)19-18(22)21-20-14-6-8-15(9-7-14)23-10-12-24-13-11-23/h2-9H,10-13H2,1H3. The van der Waals surface area contributed by atoms with Gasteiger partial charge < -0.3 is 14.2 Å². The molecular formula is C18H19N5O. The molecule has 6 nitrogen and oxygen atoms in total. The van der Waals surface area contributed by atoms with E-state index < -0.39 is 0 Å². The summed E-state index contributed by atoms with van der Waals surface area (Å²) >= 11 is 0. The van der Waals surface area contributed by atoms with E-state index in [0.717, 1.165) is 43.0 Å². The number of hydrogen-bond donors (Lipinski definition) is 0. The van der Waals surface area contributed by atoms with Gasteiger partial charge in [-0.2, -0.15) is 0 Å². The molecule has 24 heavy (non-hydrogen) atoms. The molecule has 3 aromatic rings. The Morgan fingerprint density at radius 3 is 2.46 bits per heavy atom. The molecule has 0 bridgehead atoms. The second-order valence-electron chi connectivity index (χ2n) is 5.78. The molecule has 0 saturated carbocycles. The maximum atomic E-state index is 5.38. The lowest BCUT2D eigenvalue weighted by atomic mass is 10.2. The summed E-state index contributed by atoms with van der Waals surface area (Å²) in [7, 11) is 1.95. The first-order valence-electron chi connectivity index (χ1n) is 8.07. The van der Waals surface area contributed by atoms with Crippen LogP contribution in [0.25, 0.3) is 11.0 Å². The second kappa shape index (κ2) is 6.41. The van der Waals surface area contributed by atoms with Gasteiger partial charge in [-0.15, -0.1) is 10.2 Å². The number of para-hydroxylation sites is 2.